The van der Waals surface area contributed by atoms with Gasteiger partial charge in [-0.1, -0.05) is 19.8 Å². The molecule has 4 N–H and O–H groups in total. The summed E-state index contributed by atoms with van der Waals surface area (Å²) in [5.74, 6) is -0.0203. The van der Waals surface area contributed by atoms with Crippen LogP contribution in [0.25, 0.3) is 0 Å². The number of nitrogens with two attached hydrogens (primary N) is 1. The first-order valence-electron chi connectivity index (χ1n) is 7.07. The van der Waals surface area contributed by atoms with Crippen LogP contribution < -0.4 is 16.4 Å². The van der Waals surface area contributed by atoms with Crippen molar-refractivity contribution in [3.63, 3.8) is 0 Å². The highest BCUT2D eigenvalue weighted by Gasteiger charge is 2.32. The number of urea groups is 1. The average Bonchev–Trinajstić information content (AvgIpc) is 2.36. The van der Waals surface area contributed by atoms with Crippen LogP contribution >= 0.6 is 12.4 Å². The van der Waals surface area contributed by atoms with Crippen LogP contribution in [0.15, 0.2) is 0 Å². The summed E-state index contributed by atoms with van der Waals surface area (Å²) >= 11 is 0. The lowest BCUT2D eigenvalue weighted by atomic mass is 10.0. The van der Waals surface area contributed by atoms with Crippen molar-refractivity contribution in [3.8, 4) is 0 Å². The fourth-order valence-corrected chi connectivity index (χ4v) is 2.41. The number of halogens is 1. The van der Waals surface area contributed by atoms with Crippen LogP contribution in [0.4, 0.5) is 4.79 Å². The summed E-state index contributed by atoms with van der Waals surface area (Å²) in [6.07, 6.45) is 2.52. The molecule has 7 heteroatoms. The molecule has 1 heterocycles. The van der Waals surface area contributed by atoms with E-state index in [-0.39, 0.29) is 30.4 Å². The average molecular weight is 307 g/mol. The number of nitrogens with one attached hydrogen (secondary N) is 2. The third kappa shape index (κ3) is 5.17. The molecule has 118 valence electrons. The zero-order valence-electron chi connectivity index (χ0n) is 12.5. The number of hydrogen-bond acceptors (Lipinski definition) is 3. The van der Waals surface area contributed by atoms with Crippen molar-refractivity contribution in [3.05, 3.63) is 0 Å². The van der Waals surface area contributed by atoms with Gasteiger partial charge < -0.3 is 21.3 Å². The zero-order valence-corrected chi connectivity index (χ0v) is 13.3. The molecule has 6 nitrogen and oxygen atoms in total. The van der Waals surface area contributed by atoms with Crippen molar-refractivity contribution >= 4 is 24.3 Å². The molecule has 0 aliphatic carbocycles. The van der Waals surface area contributed by atoms with Crippen molar-refractivity contribution in [2.75, 3.05) is 13.1 Å². The second kappa shape index (κ2) is 9.02. The molecular formula is C13H27ClN4O2. The fourth-order valence-electron chi connectivity index (χ4n) is 2.41. The fraction of sp³-hybridized carbons (Fsp3) is 0.846. The van der Waals surface area contributed by atoms with E-state index in [1.54, 1.807) is 0 Å². The largest absolute Gasteiger partial charge is 0.352 e. The first-order valence-corrected chi connectivity index (χ1v) is 7.07. The second-order valence-electron chi connectivity index (χ2n) is 5.22. The van der Waals surface area contributed by atoms with Gasteiger partial charge in [0.15, 0.2) is 0 Å². The van der Waals surface area contributed by atoms with Crippen LogP contribution in [-0.4, -0.2) is 48.1 Å². The van der Waals surface area contributed by atoms with Crippen molar-refractivity contribution in [2.45, 2.75) is 58.2 Å². The number of hydrogen-bond donors (Lipinski definition) is 3. The van der Waals surface area contributed by atoms with Crippen molar-refractivity contribution in [1.29, 1.82) is 0 Å². The molecule has 3 unspecified atom stereocenters. The van der Waals surface area contributed by atoms with Crippen LogP contribution in [0.5, 0.6) is 0 Å². The van der Waals surface area contributed by atoms with Gasteiger partial charge in [0.2, 0.25) is 5.91 Å². The quantitative estimate of drug-likeness (QED) is 0.703. The van der Waals surface area contributed by atoms with Crippen LogP contribution in [0.1, 0.15) is 40.0 Å². The van der Waals surface area contributed by atoms with Crippen LogP contribution in [0, 0.1) is 0 Å². The summed E-state index contributed by atoms with van der Waals surface area (Å²) in [4.78, 5) is 25.4. The molecule has 3 amide bonds. The Morgan fingerprint density at radius 1 is 1.45 bits per heavy atom. The highest BCUT2D eigenvalue weighted by molar-refractivity contribution is 5.87. The number of nitrogens with zero attached hydrogens (tertiary/aromatic N) is 1. The molecule has 0 aromatic carbocycles. The first-order chi connectivity index (χ1) is 8.97. The Bertz CT molecular complexity index is 327. The topological polar surface area (TPSA) is 87.5 Å². The van der Waals surface area contributed by atoms with E-state index in [1.165, 1.54) is 0 Å². The maximum Gasteiger partial charge on any atom is 0.312 e. The van der Waals surface area contributed by atoms with E-state index in [2.05, 4.69) is 24.5 Å². The van der Waals surface area contributed by atoms with Gasteiger partial charge in [-0.15, -0.1) is 12.4 Å². The molecule has 1 aliphatic heterocycles. The summed E-state index contributed by atoms with van der Waals surface area (Å²) in [5.41, 5.74) is 5.16. The van der Waals surface area contributed by atoms with Gasteiger partial charge in [0.1, 0.15) is 6.04 Å². The maximum atomic E-state index is 12.5. The Hall–Kier alpha value is -1.01. The van der Waals surface area contributed by atoms with E-state index >= 15 is 0 Å². The van der Waals surface area contributed by atoms with Crippen LogP contribution in [0.3, 0.4) is 0 Å². The van der Waals surface area contributed by atoms with E-state index in [0.717, 1.165) is 19.4 Å². The Morgan fingerprint density at radius 3 is 2.65 bits per heavy atom. The monoisotopic (exact) mass is 306 g/mol. The number of rotatable bonds is 5. The summed E-state index contributed by atoms with van der Waals surface area (Å²) < 4.78 is 0. The van der Waals surface area contributed by atoms with Gasteiger partial charge in [-0.05, 0) is 20.3 Å². The van der Waals surface area contributed by atoms with Gasteiger partial charge in [-0.2, -0.15) is 0 Å². The lowest BCUT2D eigenvalue weighted by Crippen LogP contribution is -2.61. The molecule has 0 spiro atoms. The Kier molecular flexibility index (Phi) is 8.57. The normalized spacial score (nSPS) is 23.6. The van der Waals surface area contributed by atoms with Gasteiger partial charge in [0.05, 0.1) is 0 Å². The molecule has 0 saturated carbocycles. The number of primary amides is 1. The van der Waals surface area contributed by atoms with Gasteiger partial charge in [-0.3, -0.25) is 4.79 Å². The van der Waals surface area contributed by atoms with Gasteiger partial charge in [0.25, 0.3) is 0 Å². The number of carbonyl (C=O) groups excluding carboxylic acids is 2. The molecule has 0 aromatic heterocycles. The van der Waals surface area contributed by atoms with Crippen molar-refractivity contribution < 1.29 is 9.59 Å². The van der Waals surface area contributed by atoms with Gasteiger partial charge in [0, 0.05) is 25.2 Å². The smallest absolute Gasteiger partial charge is 0.312 e. The summed E-state index contributed by atoms with van der Waals surface area (Å²) in [5, 5.41) is 5.91. The Balaban J connectivity index is 0.00000361. The molecule has 1 fully saturated rings. The lowest BCUT2D eigenvalue weighted by Gasteiger charge is -2.40. The van der Waals surface area contributed by atoms with Gasteiger partial charge in [-0.25, -0.2) is 4.79 Å². The van der Waals surface area contributed by atoms with Gasteiger partial charge >= 0.3 is 6.03 Å². The SMILES string of the molecule is CCCCC(NC(N)=O)C(=O)N1CCNC(C)C1C.Cl. The Labute approximate surface area is 127 Å². The zero-order chi connectivity index (χ0) is 14.4. The summed E-state index contributed by atoms with van der Waals surface area (Å²) in [6.45, 7) is 7.60. The maximum absolute atomic E-state index is 12.5. The van der Waals surface area contributed by atoms with Crippen molar-refractivity contribution in [2.24, 2.45) is 5.73 Å². The summed E-state index contributed by atoms with van der Waals surface area (Å²) in [6, 6.07) is -0.742. The van der Waals surface area contributed by atoms with E-state index in [9.17, 15) is 9.59 Å². The number of piperazine rings is 1. The molecule has 1 rings (SSSR count). The third-order valence-corrected chi connectivity index (χ3v) is 3.78. The lowest BCUT2D eigenvalue weighted by molar-refractivity contribution is -0.137. The predicted molar refractivity (Wildman–Crippen MR) is 81.9 cm³/mol. The minimum Gasteiger partial charge on any atom is -0.352 e. The molecular weight excluding hydrogens is 280 g/mol. The number of amides is 3. The minimum atomic E-state index is -0.634. The molecule has 1 saturated heterocycles. The molecule has 1 aliphatic rings. The van der Waals surface area contributed by atoms with E-state index in [1.807, 2.05) is 11.8 Å². The molecule has 20 heavy (non-hydrogen) atoms. The molecule has 0 radical (unpaired) electrons. The van der Waals surface area contributed by atoms with E-state index < -0.39 is 12.1 Å². The van der Waals surface area contributed by atoms with Crippen LogP contribution in [-0.2, 0) is 4.79 Å². The van der Waals surface area contributed by atoms with E-state index in [4.69, 9.17) is 5.73 Å². The minimum absolute atomic E-state index is 0. The highest BCUT2D eigenvalue weighted by atomic mass is 35.5. The third-order valence-electron chi connectivity index (χ3n) is 3.78. The molecule has 3 atom stereocenters. The number of carbonyl (C=O) groups is 2. The second-order valence-corrected chi connectivity index (χ2v) is 5.22. The first kappa shape index (κ1) is 19.0. The Morgan fingerprint density at radius 2 is 2.10 bits per heavy atom. The predicted octanol–water partition coefficient (Wildman–Crippen LogP) is 0.844. The molecule has 0 aromatic rings. The summed E-state index contributed by atoms with van der Waals surface area (Å²) in [7, 11) is 0. The molecule has 0 bridgehead atoms. The van der Waals surface area contributed by atoms with Crippen molar-refractivity contribution in [1.82, 2.24) is 15.5 Å². The van der Waals surface area contributed by atoms with E-state index in [0.29, 0.717) is 13.0 Å². The highest BCUT2D eigenvalue weighted by Crippen LogP contribution is 2.13. The van der Waals surface area contributed by atoms with Crippen LogP contribution in [0.2, 0.25) is 0 Å². The standard InChI is InChI=1S/C13H26N4O2.ClH/c1-4-5-6-11(16-13(14)19)12(18)17-8-7-15-9(2)10(17)3;/h9-11,15H,4-8H2,1-3H3,(H3,14,16,19);1H. The number of unbranched alkanes of at least 4 members (excludes halogenated alkanes) is 1.